The van der Waals surface area contributed by atoms with Gasteiger partial charge in [-0.2, -0.15) is 0 Å². The largest absolute Gasteiger partial charge is 0.346 e. The van der Waals surface area contributed by atoms with Gasteiger partial charge in [-0.05, 0) is 19.8 Å². The minimum atomic E-state index is -0.697. The molecule has 1 atom stereocenters. The molecule has 0 aromatic heterocycles. The van der Waals surface area contributed by atoms with Gasteiger partial charge < -0.3 is 14.3 Å². The monoisotopic (exact) mass is 184 g/mol. The summed E-state index contributed by atoms with van der Waals surface area (Å²) in [6, 6.07) is 0. The lowest BCUT2D eigenvalue weighted by atomic mass is 9.94. The Balaban J connectivity index is 2.06. The van der Waals surface area contributed by atoms with E-state index in [-0.39, 0.29) is 0 Å². The zero-order chi connectivity index (χ0) is 9.36. The molecule has 1 heterocycles. The Morgan fingerprint density at radius 2 is 1.92 bits per heavy atom. The Hall–Kier alpha value is -0.410. The molecule has 0 amide bonds. The summed E-state index contributed by atoms with van der Waals surface area (Å²) < 4.78 is 11.4. The van der Waals surface area contributed by atoms with E-state index >= 15 is 0 Å². The predicted molar refractivity (Wildman–Crippen MR) is 47.3 cm³/mol. The van der Waals surface area contributed by atoms with Gasteiger partial charge in [-0.15, -0.1) is 0 Å². The summed E-state index contributed by atoms with van der Waals surface area (Å²) in [5.41, 5.74) is -0.697. The number of aldehydes is 1. The third-order valence-electron chi connectivity index (χ3n) is 2.91. The molecule has 2 fully saturated rings. The van der Waals surface area contributed by atoms with Gasteiger partial charge in [0, 0.05) is 12.8 Å². The first-order chi connectivity index (χ1) is 6.18. The van der Waals surface area contributed by atoms with Crippen molar-refractivity contribution >= 4 is 6.29 Å². The van der Waals surface area contributed by atoms with Gasteiger partial charge in [0.2, 0.25) is 0 Å². The number of carbonyl (C=O) groups excluding carboxylic acids is 1. The van der Waals surface area contributed by atoms with E-state index in [1.807, 2.05) is 0 Å². The summed E-state index contributed by atoms with van der Waals surface area (Å²) >= 11 is 0. The summed E-state index contributed by atoms with van der Waals surface area (Å²) in [6.45, 7) is 2.21. The fourth-order valence-electron chi connectivity index (χ4n) is 2.15. The zero-order valence-corrected chi connectivity index (χ0v) is 8.04. The molecular formula is C10H16O3. The minimum absolute atomic E-state index is 0.413. The highest BCUT2D eigenvalue weighted by Gasteiger charge is 2.48. The maximum Gasteiger partial charge on any atom is 0.169 e. The van der Waals surface area contributed by atoms with E-state index in [4.69, 9.17) is 9.47 Å². The summed E-state index contributed by atoms with van der Waals surface area (Å²) in [6.07, 6.45) is 6.29. The van der Waals surface area contributed by atoms with Crippen LogP contribution in [0.5, 0.6) is 0 Å². The molecule has 74 valence electrons. The van der Waals surface area contributed by atoms with Crippen molar-refractivity contribution in [1.29, 1.82) is 0 Å². The third-order valence-corrected chi connectivity index (χ3v) is 2.91. The van der Waals surface area contributed by atoms with E-state index in [9.17, 15) is 4.79 Å². The quantitative estimate of drug-likeness (QED) is 0.581. The predicted octanol–water partition coefficient (Wildman–Crippen LogP) is 1.65. The van der Waals surface area contributed by atoms with Gasteiger partial charge in [-0.1, -0.05) is 6.42 Å². The SMILES string of the molecule is CC1(C=O)COC2(CCCCC2)O1. The van der Waals surface area contributed by atoms with Crippen molar-refractivity contribution in [3.05, 3.63) is 0 Å². The summed E-state index contributed by atoms with van der Waals surface area (Å²) in [7, 11) is 0. The topological polar surface area (TPSA) is 35.5 Å². The van der Waals surface area contributed by atoms with E-state index in [2.05, 4.69) is 0 Å². The molecule has 1 spiro atoms. The molecule has 13 heavy (non-hydrogen) atoms. The minimum Gasteiger partial charge on any atom is -0.346 e. The standard InChI is InChI=1S/C10H16O3/c1-9(7-11)8-12-10(13-9)5-3-2-4-6-10/h7H,2-6,8H2,1H3. The molecule has 1 saturated heterocycles. The molecule has 2 rings (SSSR count). The highest BCUT2D eigenvalue weighted by molar-refractivity contribution is 5.62. The van der Waals surface area contributed by atoms with Gasteiger partial charge in [0.15, 0.2) is 12.1 Å². The fourth-order valence-corrected chi connectivity index (χ4v) is 2.15. The van der Waals surface area contributed by atoms with Gasteiger partial charge in [-0.25, -0.2) is 0 Å². The highest BCUT2D eigenvalue weighted by Crippen LogP contribution is 2.40. The molecule has 3 heteroatoms. The molecule has 2 aliphatic rings. The zero-order valence-electron chi connectivity index (χ0n) is 8.04. The lowest BCUT2D eigenvalue weighted by Gasteiger charge is -2.32. The number of carbonyl (C=O) groups is 1. The Bertz CT molecular complexity index is 208. The Kier molecular flexibility index (Phi) is 2.16. The molecule has 1 saturated carbocycles. The molecule has 0 radical (unpaired) electrons. The second-order valence-electron chi connectivity index (χ2n) is 4.29. The van der Waals surface area contributed by atoms with Crippen LogP contribution in [0.15, 0.2) is 0 Å². The molecule has 3 nitrogen and oxygen atoms in total. The third kappa shape index (κ3) is 1.63. The van der Waals surface area contributed by atoms with E-state index in [1.165, 1.54) is 6.42 Å². The molecule has 0 aromatic carbocycles. The summed E-state index contributed by atoms with van der Waals surface area (Å²) in [5, 5.41) is 0. The first kappa shape index (κ1) is 9.16. The summed E-state index contributed by atoms with van der Waals surface area (Å²) in [4.78, 5) is 10.7. The van der Waals surface area contributed by atoms with Gasteiger partial charge >= 0.3 is 0 Å². The van der Waals surface area contributed by atoms with E-state index in [0.29, 0.717) is 6.61 Å². The van der Waals surface area contributed by atoms with Crippen molar-refractivity contribution in [2.24, 2.45) is 0 Å². The molecule has 1 aliphatic heterocycles. The van der Waals surface area contributed by atoms with Crippen molar-refractivity contribution < 1.29 is 14.3 Å². The first-order valence-corrected chi connectivity index (χ1v) is 4.99. The number of hydrogen-bond acceptors (Lipinski definition) is 3. The average molecular weight is 184 g/mol. The van der Waals surface area contributed by atoms with Crippen LogP contribution in [0.25, 0.3) is 0 Å². The van der Waals surface area contributed by atoms with Gasteiger partial charge in [0.25, 0.3) is 0 Å². The molecule has 0 aromatic rings. The van der Waals surface area contributed by atoms with Crippen LogP contribution in [-0.4, -0.2) is 24.3 Å². The Morgan fingerprint density at radius 1 is 1.23 bits per heavy atom. The van der Waals surface area contributed by atoms with Crippen molar-refractivity contribution in [3.8, 4) is 0 Å². The molecule has 1 aliphatic carbocycles. The molecule has 0 N–H and O–H groups in total. The maximum absolute atomic E-state index is 10.7. The molecule has 0 bridgehead atoms. The second-order valence-corrected chi connectivity index (χ2v) is 4.29. The Labute approximate surface area is 78.4 Å². The van der Waals surface area contributed by atoms with Crippen molar-refractivity contribution in [2.75, 3.05) is 6.61 Å². The lowest BCUT2D eigenvalue weighted by molar-refractivity contribution is -0.199. The first-order valence-electron chi connectivity index (χ1n) is 4.99. The van der Waals surface area contributed by atoms with E-state index in [1.54, 1.807) is 6.92 Å². The van der Waals surface area contributed by atoms with E-state index < -0.39 is 11.4 Å². The average Bonchev–Trinajstić information content (AvgIpc) is 2.47. The van der Waals surface area contributed by atoms with Crippen LogP contribution in [0, 0.1) is 0 Å². The number of ether oxygens (including phenoxy) is 2. The fraction of sp³-hybridized carbons (Fsp3) is 0.900. The number of rotatable bonds is 1. The van der Waals surface area contributed by atoms with E-state index in [0.717, 1.165) is 32.0 Å². The second kappa shape index (κ2) is 3.07. The Morgan fingerprint density at radius 3 is 2.46 bits per heavy atom. The van der Waals surface area contributed by atoms with Gasteiger partial charge in [0.1, 0.15) is 5.60 Å². The van der Waals surface area contributed by atoms with Crippen LogP contribution in [0.2, 0.25) is 0 Å². The van der Waals surface area contributed by atoms with Crippen molar-refractivity contribution in [3.63, 3.8) is 0 Å². The van der Waals surface area contributed by atoms with Gasteiger partial charge in [-0.3, -0.25) is 0 Å². The smallest absolute Gasteiger partial charge is 0.169 e. The normalized spacial score (nSPS) is 37.9. The van der Waals surface area contributed by atoms with Crippen LogP contribution < -0.4 is 0 Å². The molecule has 1 unspecified atom stereocenters. The lowest BCUT2D eigenvalue weighted by Crippen LogP contribution is -2.37. The highest BCUT2D eigenvalue weighted by atomic mass is 16.8. The van der Waals surface area contributed by atoms with Crippen LogP contribution in [0.4, 0.5) is 0 Å². The number of hydrogen-bond donors (Lipinski definition) is 0. The summed E-state index contributed by atoms with van der Waals surface area (Å²) in [5.74, 6) is -0.423. The van der Waals surface area contributed by atoms with Crippen LogP contribution in [0.3, 0.4) is 0 Å². The van der Waals surface area contributed by atoms with Gasteiger partial charge in [0.05, 0.1) is 6.61 Å². The molecular weight excluding hydrogens is 168 g/mol. The maximum atomic E-state index is 10.7. The van der Waals surface area contributed by atoms with Crippen LogP contribution in [0.1, 0.15) is 39.0 Å². The van der Waals surface area contributed by atoms with Crippen molar-refractivity contribution in [1.82, 2.24) is 0 Å². The van der Waals surface area contributed by atoms with Crippen molar-refractivity contribution in [2.45, 2.75) is 50.4 Å². The van der Waals surface area contributed by atoms with Crippen LogP contribution in [-0.2, 0) is 14.3 Å². The van der Waals surface area contributed by atoms with Crippen LogP contribution >= 0.6 is 0 Å².